The van der Waals surface area contributed by atoms with Gasteiger partial charge in [-0.3, -0.25) is 0 Å². The molecule has 0 unspecified atom stereocenters. The molecule has 0 fully saturated rings. The Labute approximate surface area is 74.6 Å². The summed E-state index contributed by atoms with van der Waals surface area (Å²) in [6, 6.07) is 10.0. The third-order valence-electron chi connectivity index (χ3n) is 1.04. The van der Waals surface area contributed by atoms with Gasteiger partial charge in [0.15, 0.2) is 0 Å². The van der Waals surface area contributed by atoms with Crippen molar-refractivity contribution >= 4 is 29.1 Å². The molecule has 0 amide bonds. The molecule has 0 bridgehead atoms. The van der Waals surface area contributed by atoms with Gasteiger partial charge in [0, 0.05) is 0 Å². The third kappa shape index (κ3) is 3.57. The summed E-state index contributed by atoms with van der Waals surface area (Å²) in [5.41, 5.74) is 1.17. The molecule has 1 rings (SSSR count). The molecule has 0 spiro atoms. The molecule has 1 nitrogen and oxygen atoms in total. The summed E-state index contributed by atoms with van der Waals surface area (Å²) in [5, 5.41) is 0. The van der Waals surface area contributed by atoms with Gasteiger partial charge in [0.1, 0.15) is 0 Å². The Morgan fingerprint density at radius 2 is 1.70 bits per heavy atom. The Morgan fingerprint density at radius 1 is 1.20 bits per heavy atom. The van der Waals surface area contributed by atoms with E-state index >= 15 is 0 Å². The topological polar surface area (TPSA) is 17.1 Å². The quantitative estimate of drug-likeness (QED) is 0.684. The molecule has 2 heteroatoms. The second kappa shape index (κ2) is 6.69. The molecule has 0 aliphatic heterocycles. The van der Waals surface area contributed by atoms with Crippen LogP contribution in [0.1, 0.15) is 5.56 Å². The van der Waals surface area contributed by atoms with Crippen LogP contribution in [0.15, 0.2) is 36.9 Å². The van der Waals surface area contributed by atoms with Crippen LogP contribution in [-0.4, -0.2) is 23.0 Å². The van der Waals surface area contributed by atoms with Gasteiger partial charge in [-0.2, -0.15) is 0 Å². The van der Waals surface area contributed by atoms with Crippen molar-refractivity contribution in [2.24, 2.45) is 0 Å². The molecular formula is C8H9OSb. The fourth-order valence-corrected chi connectivity index (χ4v) is 0.589. The molecular weight excluding hydrogens is 234 g/mol. The van der Waals surface area contributed by atoms with E-state index in [-0.39, 0.29) is 0 Å². The fourth-order valence-electron chi connectivity index (χ4n) is 0.589. The second-order valence-electron chi connectivity index (χ2n) is 1.61. The molecule has 0 atom stereocenters. The standard InChI is InChI=1S/C8H8.O.Sb.H/c1-2-8-6-4-3-5-7-8;;;/h2-7H,1H2;;;. The predicted molar refractivity (Wildman–Crippen MR) is 44.4 cm³/mol. The van der Waals surface area contributed by atoms with E-state index in [1.54, 1.807) is 0 Å². The average Bonchev–Trinajstić information content (AvgIpc) is 2.10. The van der Waals surface area contributed by atoms with Crippen molar-refractivity contribution in [2.75, 3.05) is 0 Å². The first-order valence-corrected chi connectivity index (χ1v) is 3.98. The average molecular weight is 243 g/mol. The zero-order valence-electron chi connectivity index (χ0n) is 5.58. The fraction of sp³-hybridized carbons (Fsp3) is 0. The molecule has 1 aromatic rings. The summed E-state index contributed by atoms with van der Waals surface area (Å²) >= 11 is 0.300. The normalized spacial score (nSPS) is 7.20. The van der Waals surface area contributed by atoms with E-state index in [1.807, 2.05) is 36.4 Å². The van der Waals surface area contributed by atoms with Gasteiger partial charge in [-0.25, -0.2) is 0 Å². The molecule has 0 heterocycles. The third-order valence-corrected chi connectivity index (χ3v) is 1.04. The zero-order valence-corrected chi connectivity index (χ0v) is 8.43. The van der Waals surface area contributed by atoms with Crippen molar-refractivity contribution in [3.63, 3.8) is 0 Å². The summed E-state index contributed by atoms with van der Waals surface area (Å²) in [6.45, 7) is 3.63. The first kappa shape index (κ1) is 9.58. The molecule has 52 valence electrons. The van der Waals surface area contributed by atoms with Crippen molar-refractivity contribution in [3.05, 3.63) is 42.5 Å². The van der Waals surface area contributed by atoms with Gasteiger partial charge in [0.05, 0.1) is 0 Å². The Bertz CT molecular complexity index is 184. The van der Waals surface area contributed by atoms with E-state index in [0.717, 1.165) is 0 Å². The van der Waals surface area contributed by atoms with Crippen molar-refractivity contribution in [1.82, 2.24) is 0 Å². The maximum atomic E-state index is 8.34. The monoisotopic (exact) mass is 242 g/mol. The van der Waals surface area contributed by atoms with E-state index in [9.17, 15) is 0 Å². The van der Waals surface area contributed by atoms with Gasteiger partial charge in [0.25, 0.3) is 0 Å². The van der Waals surface area contributed by atoms with Crippen molar-refractivity contribution in [1.29, 1.82) is 0 Å². The van der Waals surface area contributed by atoms with Crippen LogP contribution in [0.25, 0.3) is 6.08 Å². The van der Waals surface area contributed by atoms with Crippen LogP contribution >= 0.6 is 0 Å². The summed E-state index contributed by atoms with van der Waals surface area (Å²) in [5.74, 6) is 0. The first-order chi connectivity index (χ1) is 4.93. The van der Waals surface area contributed by atoms with Crippen LogP contribution in [0.2, 0.25) is 0 Å². The van der Waals surface area contributed by atoms with Gasteiger partial charge < -0.3 is 0 Å². The molecule has 0 radical (unpaired) electrons. The number of hydrogen-bond donors (Lipinski definition) is 0. The molecule has 1 aromatic carbocycles. The Kier molecular flexibility index (Phi) is 6.41. The van der Waals surface area contributed by atoms with Gasteiger partial charge >= 0.3 is 26.0 Å². The molecule has 0 aromatic heterocycles. The van der Waals surface area contributed by atoms with Crippen LogP contribution in [0, 0.1) is 0 Å². The molecule has 10 heavy (non-hydrogen) atoms. The minimum absolute atomic E-state index is 0.300. The number of rotatable bonds is 1. The molecule has 0 saturated carbocycles. The number of hydrogen-bond acceptors (Lipinski definition) is 1. The van der Waals surface area contributed by atoms with Crippen LogP contribution in [0.4, 0.5) is 0 Å². The Balaban J connectivity index is 0.000000371. The Morgan fingerprint density at radius 3 is 2.00 bits per heavy atom. The van der Waals surface area contributed by atoms with Crippen LogP contribution < -0.4 is 0 Å². The van der Waals surface area contributed by atoms with E-state index in [0.29, 0.717) is 23.0 Å². The molecule has 0 saturated heterocycles. The number of benzene rings is 1. The SMILES string of the molecule is C=Cc1ccccc1.[O]=[SbH]. The Hall–Kier alpha value is -0.422. The van der Waals surface area contributed by atoms with Gasteiger partial charge in [-0.15, -0.1) is 0 Å². The summed E-state index contributed by atoms with van der Waals surface area (Å²) < 4.78 is 8.34. The van der Waals surface area contributed by atoms with Crippen molar-refractivity contribution in [2.45, 2.75) is 0 Å². The second-order valence-corrected chi connectivity index (χ2v) is 1.61. The summed E-state index contributed by atoms with van der Waals surface area (Å²) in [6.07, 6.45) is 1.83. The van der Waals surface area contributed by atoms with Crippen molar-refractivity contribution in [3.8, 4) is 0 Å². The van der Waals surface area contributed by atoms with Gasteiger partial charge in [0.2, 0.25) is 0 Å². The molecule has 0 aliphatic carbocycles. The maximum absolute atomic E-state index is 8.34. The minimum atomic E-state index is 0.300. The van der Waals surface area contributed by atoms with Gasteiger partial charge in [-0.05, 0) is 5.56 Å². The van der Waals surface area contributed by atoms with E-state index < -0.39 is 0 Å². The summed E-state index contributed by atoms with van der Waals surface area (Å²) in [7, 11) is 0. The predicted octanol–water partition coefficient (Wildman–Crippen LogP) is 1.56. The van der Waals surface area contributed by atoms with Crippen molar-refractivity contribution < 1.29 is 3.02 Å². The van der Waals surface area contributed by atoms with E-state index in [1.165, 1.54) is 5.56 Å². The van der Waals surface area contributed by atoms with Crippen LogP contribution in [-0.2, 0) is 3.02 Å². The molecule has 0 aliphatic rings. The van der Waals surface area contributed by atoms with E-state index in [2.05, 4.69) is 6.58 Å². The molecule has 0 N–H and O–H groups in total. The van der Waals surface area contributed by atoms with Crippen LogP contribution in [0.3, 0.4) is 0 Å². The summed E-state index contributed by atoms with van der Waals surface area (Å²) in [4.78, 5) is 0. The first-order valence-electron chi connectivity index (χ1n) is 2.81. The zero-order chi connectivity index (χ0) is 7.82. The van der Waals surface area contributed by atoms with Gasteiger partial charge in [-0.1, -0.05) is 43.0 Å². The van der Waals surface area contributed by atoms with Crippen LogP contribution in [0.5, 0.6) is 0 Å². The van der Waals surface area contributed by atoms with E-state index in [4.69, 9.17) is 3.02 Å².